The van der Waals surface area contributed by atoms with Crippen LogP contribution in [0, 0.1) is 10.1 Å². The number of hydrogen-bond donors (Lipinski definition) is 2. The number of halogens is 1. The van der Waals surface area contributed by atoms with Gasteiger partial charge in [0, 0.05) is 49.0 Å². The standard InChI is InChI=1S/C24H30BrN5O6/c1-14-11-29(12-15(2)36-14)24(31)18-6-17(25)7-20(30(32)33)23(18)28-19-9-26-10-21(19)35-13-16-4-5-22(34-3)27-8-16/h4-8,14-15,19,21,26,28H,9-13H2,1-3H3/t14-,15+,19-,21-/m0/s1. The van der Waals surface area contributed by atoms with Crippen molar-refractivity contribution < 1.29 is 23.9 Å². The average Bonchev–Trinajstić information content (AvgIpc) is 3.29. The average molecular weight is 564 g/mol. The fraction of sp³-hybridized carbons (Fsp3) is 0.500. The van der Waals surface area contributed by atoms with Gasteiger partial charge in [-0.25, -0.2) is 4.98 Å². The summed E-state index contributed by atoms with van der Waals surface area (Å²) < 4.78 is 17.4. The lowest BCUT2D eigenvalue weighted by Crippen LogP contribution is -2.48. The maximum Gasteiger partial charge on any atom is 0.294 e. The topological polar surface area (TPSA) is 128 Å². The third-order valence-electron chi connectivity index (χ3n) is 6.18. The molecule has 194 valence electrons. The smallest absolute Gasteiger partial charge is 0.294 e. The summed E-state index contributed by atoms with van der Waals surface area (Å²) in [5.74, 6) is 0.237. The van der Waals surface area contributed by atoms with E-state index in [1.54, 1.807) is 30.3 Å². The Balaban J connectivity index is 1.56. The molecule has 1 amide bonds. The van der Waals surface area contributed by atoms with Gasteiger partial charge in [0.15, 0.2) is 0 Å². The van der Waals surface area contributed by atoms with Crippen LogP contribution in [0.5, 0.6) is 5.88 Å². The number of pyridine rings is 1. The summed E-state index contributed by atoms with van der Waals surface area (Å²) in [4.78, 5) is 31.0. The van der Waals surface area contributed by atoms with Crippen molar-refractivity contribution in [1.82, 2.24) is 15.2 Å². The molecule has 36 heavy (non-hydrogen) atoms. The number of carbonyl (C=O) groups is 1. The fourth-order valence-corrected chi connectivity index (χ4v) is 5.00. The van der Waals surface area contributed by atoms with Gasteiger partial charge >= 0.3 is 0 Å². The molecule has 11 nitrogen and oxygen atoms in total. The van der Waals surface area contributed by atoms with Crippen molar-refractivity contribution in [3.05, 3.63) is 56.2 Å². The molecule has 3 heterocycles. The molecule has 0 spiro atoms. The zero-order chi connectivity index (χ0) is 25.8. The van der Waals surface area contributed by atoms with E-state index in [9.17, 15) is 14.9 Å². The molecule has 1 aromatic carbocycles. The van der Waals surface area contributed by atoms with E-state index >= 15 is 0 Å². The first kappa shape index (κ1) is 26.3. The van der Waals surface area contributed by atoms with E-state index in [-0.39, 0.29) is 47.2 Å². The highest BCUT2D eigenvalue weighted by atomic mass is 79.9. The summed E-state index contributed by atoms with van der Waals surface area (Å²) in [6.07, 6.45) is 1.16. The molecule has 0 aliphatic carbocycles. The lowest BCUT2D eigenvalue weighted by atomic mass is 10.1. The van der Waals surface area contributed by atoms with Gasteiger partial charge in [-0.3, -0.25) is 14.9 Å². The number of carbonyl (C=O) groups excluding carboxylic acids is 1. The quantitative estimate of drug-likeness (QED) is 0.367. The van der Waals surface area contributed by atoms with E-state index in [1.165, 1.54) is 6.07 Å². The minimum atomic E-state index is -0.476. The van der Waals surface area contributed by atoms with Crippen LogP contribution in [-0.4, -0.2) is 78.4 Å². The van der Waals surface area contributed by atoms with Gasteiger partial charge in [-0.1, -0.05) is 15.9 Å². The predicted octanol–water partition coefficient (Wildman–Crippen LogP) is 2.98. The molecule has 2 fully saturated rings. The maximum absolute atomic E-state index is 13.6. The zero-order valence-electron chi connectivity index (χ0n) is 20.4. The number of morpholine rings is 1. The Labute approximate surface area is 217 Å². The van der Waals surface area contributed by atoms with Gasteiger partial charge in [-0.2, -0.15) is 0 Å². The summed E-state index contributed by atoms with van der Waals surface area (Å²) in [6.45, 7) is 6.04. The van der Waals surface area contributed by atoms with Crippen LogP contribution in [0.4, 0.5) is 11.4 Å². The summed E-state index contributed by atoms with van der Waals surface area (Å²) in [6, 6.07) is 6.38. The summed E-state index contributed by atoms with van der Waals surface area (Å²) in [5.41, 5.74) is 1.13. The van der Waals surface area contributed by atoms with Crippen LogP contribution in [0.3, 0.4) is 0 Å². The van der Waals surface area contributed by atoms with Gasteiger partial charge in [-0.15, -0.1) is 0 Å². The minimum absolute atomic E-state index is 0.125. The van der Waals surface area contributed by atoms with E-state index in [2.05, 4.69) is 31.5 Å². The van der Waals surface area contributed by atoms with Crippen LogP contribution < -0.4 is 15.4 Å². The Hall–Kier alpha value is -2.80. The second-order valence-corrected chi connectivity index (χ2v) is 9.96. The molecule has 0 radical (unpaired) electrons. The zero-order valence-corrected chi connectivity index (χ0v) is 22.0. The van der Waals surface area contributed by atoms with Crippen LogP contribution in [0.15, 0.2) is 34.9 Å². The van der Waals surface area contributed by atoms with Crippen LogP contribution in [-0.2, 0) is 16.1 Å². The molecule has 2 aromatic rings. The highest BCUT2D eigenvalue weighted by molar-refractivity contribution is 9.10. The number of nitrogens with zero attached hydrogens (tertiary/aromatic N) is 3. The van der Waals surface area contributed by atoms with E-state index < -0.39 is 4.92 Å². The van der Waals surface area contributed by atoms with Gasteiger partial charge < -0.3 is 29.7 Å². The lowest BCUT2D eigenvalue weighted by Gasteiger charge is -2.35. The second kappa shape index (κ2) is 11.5. The largest absolute Gasteiger partial charge is 0.481 e. The van der Waals surface area contributed by atoms with Gasteiger partial charge in [0.25, 0.3) is 11.6 Å². The molecule has 2 aliphatic heterocycles. The first-order valence-corrected chi connectivity index (χ1v) is 12.5. The van der Waals surface area contributed by atoms with Gasteiger partial charge in [-0.05, 0) is 31.5 Å². The number of rotatable bonds is 8. The number of methoxy groups -OCH3 is 1. The molecule has 4 rings (SSSR count). The number of hydrogen-bond acceptors (Lipinski definition) is 9. The number of aromatic nitrogens is 1. The van der Waals surface area contributed by atoms with Crippen molar-refractivity contribution in [1.29, 1.82) is 0 Å². The normalized spacial score (nSPS) is 23.9. The van der Waals surface area contributed by atoms with Gasteiger partial charge in [0.1, 0.15) is 5.69 Å². The molecule has 2 N–H and O–H groups in total. The van der Waals surface area contributed by atoms with E-state index in [1.807, 2.05) is 19.9 Å². The number of anilines is 1. The second-order valence-electron chi connectivity index (χ2n) is 9.04. The SMILES string of the molecule is COc1ccc(CO[C@H]2CNC[C@@H]2Nc2c(C(=O)N3C[C@@H](C)O[C@@H](C)C3)cc(Br)cc2[N+](=O)[O-])cn1. The van der Waals surface area contributed by atoms with Crippen LogP contribution in [0.2, 0.25) is 0 Å². The summed E-state index contributed by atoms with van der Waals surface area (Å²) >= 11 is 3.34. The summed E-state index contributed by atoms with van der Waals surface area (Å²) in [7, 11) is 1.56. The highest BCUT2D eigenvalue weighted by Gasteiger charge is 2.34. The predicted molar refractivity (Wildman–Crippen MR) is 136 cm³/mol. The van der Waals surface area contributed by atoms with Crippen molar-refractivity contribution in [3.63, 3.8) is 0 Å². The monoisotopic (exact) mass is 563 g/mol. The first-order chi connectivity index (χ1) is 17.2. The lowest BCUT2D eigenvalue weighted by molar-refractivity contribution is -0.384. The Morgan fingerprint density at radius 1 is 1.31 bits per heavy atom. The van der Waals surface area contributed by atoms with E-state index in [4.69, 9.17) is 14.2 Å². The Kier molecular flexibility index (Phi) is 8.39. The molecule has 2 aliphatic rings. The number of ether oxygens (including phenoxy) is 3. The van der Waals surface area contributed by atoms with Crippen molar-refractivity contribution in [3.8, 4) is 5.88 Å². The summed E-state index contributed by atoms with van der Waals surface area (Å²) in [5, 5.41) is 18.5. The number of benzene rings is 1. The number of nitro groups is 1. The van der Waals surface area contributed by atoms with E-state index in [0.29, 0.717) is 43.1 Å². The Morgan fingerprint density at radius 2 is 2.06 bits per heavy atom. The van der Waals surface area contributed by atoms with Crippen molar-refractivity contribution in [2.24, 2.45) is 0 Å². The minimum Gasteiger partial charge on any atom is -0.481 e. The molecular weight excluding hydrogens is 534 g/mol. The molecule has 0 bridgehead atoms. The first-order valence-electron chi connectivity index (χ1n) is 11.8. The fourth-order valence-electron chi connectivity index (χ4n) is 4.55. The third-order valence-corrected chi connectivity index (χ3v) is 6.63. The van der Waals surface area contributed by atoms with Crippen molar-refractivity contribution in [2.75, 3.05) is 38.6 Å². The number of nitro benzene ring substituents is 1. The van der Waals surface area contributed by atoms with E-state index in [0.717, 1.165) is 5.56 Å². The van der Waals surface area contributed by atoms with Crippen LogP contribution in [0.25, 0.3) is 0 Å². The molecular formula is C24H30BrN5O6. The molecule has 0 unspecified atom stereocenters. The van der Waals surface area contributed by atoms with Gasteiger partial charge in [0.05, 0.1) is 48.6 Å². The molecule has 2 saturated heterocycles. The van der Waals surface area contributed by atoms with Gasteiger partial charge in [0.2, 0.25) is 5.88 Å². The highest BCUT2D eigenvalue weighted by Crippen LogP contribution is 2.35. The van der Waals surface area contributed by atoms with Crippen molar-refractivity contribution in [2.45, 2.75) is 44.8 Å². The van der Waals surface area contributed by atoms with Crippen LogP contribution >= 0.6 is 15.9 Å². The molecule has 1 aromatic heterocycles. The maximum atomic E-state index is 13.6. The Morgan fingerprint density at radius 3 is 2.69 bits per heavy atom. The number of nitrogens with one attached hydrogen (secondary N) is 2. The number of amides is 1. The van der Waals surface area contributed by atoms with Crippen molar-refractivity contribution >= 4 is 33.2 Å². The molecule has 4 atom stereocenters. The third kappa shape index (κ3) is 6.12. The molecule has 12 heteroatoms. The van der Waals surface area contributed by atoms with Crippen LogP contribution in [0.1, 0.15) is 29.8 Å². The molecule has 0 saturated carbocycles. The Bertz CT molecular complexity index is 1090.